The van der Waals surface area contributed by atoms with Crippen LogP contribution in [-0.2, 0) is 14.8 Å². The van der Waals surface area contributed by atoms with Crippen molar-refractivity contribution in [3.63, 3.8) is 0 Å². The maximum absolute atomic E-state index is 11.4. The van der Waals surface area contributed by atoms with Gasteiger partial charge >= 0.3 is 0 Å². The molecule has 0 aromatic carbocycles. The molecule has 0 heterocycles. The summed E-state index contributed by atoms with van der Waals surface area (Å²) >= 11 is 0. The summed E-state index contributed by atoms with van der Waals surface area (Å²) in [6, 6.07) is 0. The Morgan fingerprint density at radius 1 is 1.29 bits per heavy atom. The van der Waals surface area contributed by atoms with Gasteiger partial charge in [0.15, 0.2) is 0 Å². The standard InChI is InChI=1S/C11H24N2O3S/c1-11(2,3)9(7-8-12)5-6-10(14)13-17(4,15)16/h9H,5-8,12H2,1-4H3,(H,13,14). The summed E-state index contributed by atoms with van der Waals surface area (Å²) in [5.74, 6) is -0.128. The Hall–Kier alpha value is -0.620. The van der Waals surface area contributed by atoms with Gasteiger partial charge in [0.1, 0.15) is 0 Å². The highest BCUT2D eigenvalue weighted by Gasteiger charge is 2.24. The zero-order valence-electron chi connectivity index (χ0n) is 11.1. The number of hydrogen-bond donors (Lipinski definition) is 2. The van der Waals surface area contributed by atoms with Gasteiger partial charge in [-0.1, -0.05) is 20.8 Å². The first-order valence-corrected chi connectivity index (χ1v) is 7.66. The molecule has 1 atom stereocenters. The highest BCUT2D eigenvalue weighted by atomic mass is 32.2. The van der Waals surface area contributed by atoms with Gasteiger partial charge in [-0.05, 0) is 30.7 Å². The van der Waals surface area contributed by atoms with Crippen molar-refractivity contribution >= 4 is 15.9 Å². The van der Waals surface area contributed by atoms with Crippen LogP contribution >= 0.6 is 0 Å². The van der Waals surface area contributed by atoms with E-state index in [1.807, 2.05) is 4.72 Å². The first-order chi connectivity index (χ1) is 7.56. The number of sulfonamides is 1. The fourth-order valence-corrected chi connectivity index (χ4v) is 2.29. The molecular weight excluding hydrogens is 240 g/mol. The number of rotatable bonds is 6. The molecule has 0 radical (unpaired) electrons. The minimum atomic E-state index is -3.44. The normalized spacial score (nSPS) is 14.4. The van der Waals surface area contributed by atoms with Crippen LogP contribution in [0.1, 0.15) is 40.0 Å². The fraction of sp³-hybridized carbons (Fsp3) is 0.909. The molecule has 0 aliphatic heterocycles. The zero-order valence-corrected chi connectivity index (χ0v) is 11.9. The zero-order chi connectivity index (χ0) is 13.7. The molecule has 5 nitrogen and oxygen atoms in total. The van der Waals surface area contributed by atoms with Crippen LogP contribution in [-0.4, -0.2) is 27.1 Å². The van der Waals surface area contributed by atoms with E-state index in [9.17, 15) is 13.2 Å². The van der Waals surface area contributed by atoms with Crippen molar-refractivity contribution < 1.29 is 13.2 Å². The second-order valence-corrected chi connectivity index (χ2v) is 7.22. The minimum Gasteiger partial charge on any atom is -0.330 e. The van der Waals surface area contributed by atoms with Gasteiger partial charge in [-0.15, -0.1) is 0 Å². The third-order valence-corrected chi connectivity index (χ3v) is 3.36. The van der Waals surface area contributed by atoms with E-state index in [-0.39, 0.29) is 11.8 Å². The Kier molecular flexibility index (Phi) is 6.12. The monoisotopic (exact) mass is 264 g/mol. The molecule has 0 rings (SSSR count). The van der Waals surface area contributed by atoms with Gasteiger partial charge in [0, 0.05) is 6.42 Å². The summed E-state index contributed by atoms with van der Waals surface area (Å²) in [6.07, 6.45) is 2.69. The van der Waals surface area contributed by atoms with Gasteiger partial charge in [0.05, 0.1) is 6.26 Å². The molecule has 17 heavy (non-hydrogen) atoms. The third kappa shape index (κ3) is 8.15. The Morgan fingerprint density at radius 2 is 1.82 bits per heavy atom. The molecule has 0 aromatic heterocycles. The van der Waals surface area contributed by atoms with Gasteiger partial charge in [-0.2, -0.15) is 0 Å². The van der Waals surface area contributed by atoms with Crippen molar-refractivity contribution in [1.82, 2.24) is 4.72 Å². The topological polar surface area (TPSA) is 89.3 Å². The first kappa shape index (κ1) is 16.4. The van der Waals surface area contributed by atoms with Crippen molar-refractivity contribution in [2.75, 3.05) is 12.8 Å². The minimum absolute atomic E-state index is 0.0741. The number of nitrogens with two attached hydrogens (primary N) is 1. The van der Waals surface area contributed by atoms with E-state index >= 15 is 0 Å². The van der Waals surface area contributed by atoms with Crippen LogP contribution in [0.15, 0.2) is 0 Å². The second kappa shape index (κ2) is 6.35. The Balaban J connectivity index is 4.28. The lowest BCUT2D eigenvalue weighted by Gasteiger charge is -2.30. The SMILES string of the molecule is CC(C)(C)C(CCN)CCC(=O)NS(C)(=O)=O. The van der Waals surface area contributed by atoms with E-state index in [4.69, 9.17) is 5.73 Å². The summed E-state index contributed by atoms with van der Waals surface area (Å²) in [5, 5.41) is 0. The Morgan fingerprint density at radius 3 is 2.18 bits per heavy atom. The van der Waals surface area contributed by atoms with Crippen molar-refractivity contribution in [3.8, 4) is 0 Å². The van der Waals surface area contributed by atoms with Crippen molar-refractivity contribution in [3.05, 3.63) is 0 Å². The van der Waals surface area contributed by atoms with Crippen molar-refractivity contribution in [2.45, 2.75) is 40.0 Å². The average Bonchev–Trinajstić information content (AvgIpc) is 2.07. The summed E-state index contributed by atoms with van der Waals surface area (Å²) in [6.45, 7) is 6.88. The molecule has 0 saturated carbocycles. The molecule has 102 valence electrons. The van der Waals surface area contributed by atoms with E-state index in [0.29, 0.717) is 18.9 Å². The molecule has 0 fully saturated rings. The molecule has 0 aliphatic carbocycles. The molecule has 0 aliphatic rings. The van der Waals surface area contributed by atoms with Crippen LogP contribution in [0.5, 0.6) is 0 Å². The van der Waals surface area contributed by atoms with E-state index in [0.717, 1.165) is 12.7 Å². The first-order valence-electron chi connectivity index (χ1n) is 5.77. The summed E-state index contributed by atoms with van der Waals surface area (Å²) < 4.78 is 23.7. The molecule has 1 amide bonds. The van der Waals surface area contributed by atoms with Gasteiger partial charge in [-0.25, -0.2) is 8.42 Å². The average molecular weight is 264 g/mol. The second-order valence-electron chi connectivity index (χ2n) is 5.48. The largest absolute Gasteiger partial charge is 0.330 e. The fourth-order valence-electron chi connectivity index (χ4n) is 1.77. The molecule has 1 unspecified atom stereocenters. The quantitative estimate of drug-likeness (QED) is 0.744. The Bertz CT molecular complexity index is 344. The molecule has 0 bridgehead atoms. The number of amides is 1. The van der Waals surface area contributed by atoms with Crippen LogP contribution in [0.25, 0.3) is 0 Å². The van der Waals surface area contributed by atoms with Gasteiger partial charge in [0.2, 0.25) is 15.9 Å². The van der Waals surface area contributed by atoms with Crippen molar-refractivity contribution in [2.24, 2.45) is 17.1 Å². The summed E-state index contributed by atoms with van der Waals surface area (Å²) in [4.78, 5) is 11.4. The van der Waals surface area contributed by atoms with E-state index in [1.54, 1.807) is 0 Å². The lowest BCUT2D eigenvalue weighted by molar-refractivity contribution is -0.119. The van der Waals surface area contributed by atoms with Crippen LogP contribution in [0, 0.1) is 11.3 Å². The number of carbonyl (C=O) groups is 1. The number of carbonyl (C=O) groups excluding carboxylic acids is 1. The molecule has 0 spiro atoms. The van der Waals surface area contributed by atoms with Crippen LogP contribution in [0.4, 0.5) is 0 Å². The van der Waals surface area contributed by atoms with Gasteiger partial charge < -0.3 is 5.73 Å². The highest BCUT2D eigenvalue weighted by molar-refractivity contribution is 7.89. The van der Waals surface area contributed by atoms with Gasteiger partial charge in [0.25, 0.3) is 0 Å². The molecular formula is C11H24N2O3S. The molecule has 6 heteroatoms. The number of nitrogens with one attached hydrogen (secondary N) is 1. The van der Waals surface area contributed by atoms with Crippen LogP contribution in [0.2, 0.25) is 0 Å². The smallest absolute Gasteiger partial charge is 0.233 e. The van der Waals surface area contributed by atoms with Crippen LogP contribution in [0.3, 0.4) is 0 Å². The van der Waals surface area contributed by atoms with E-state index in [1.165, 1.54) is 0 Å². The lowest BCUT2D eigenvalue weighted by atomic mass is 9.76. The molecule has 0 saturated heterocycles. The maximum Gasteiger partial charge on any atom is 0.233 e. The molecule has 3 N–H and O–H groups in total. The van der Waals surface area contributed by atoms with Crippen LogP contribution < -0.4 is 10.5 Å². The third-order valence-electron chi connectivity index (χ3n) is 2.76. The lowest BCUT2D eigenvalue weighted by Crippen LogP contribution is -2.31. The highest BCUT2D eigenvalue weighted by Crippen LogP contribution is 2.31. The summed E-state index contributed by atoms with van der Waals surface area (Å²) in [7, 11) is -3.44. The van der Waals surface area contributed by atoms with Crippen molar-refractivity contribution in [1.29, 1.82) is 0 Å². The predicted octanol–water partition coefficient (Wildman–Crippen LogP) is 0.854. The van der Waals surface area contributed by atoms with E-state index < -0.39 is 15.9 Å². The van der Waals surface area contributed by atoms with E-state index in [2.05, 4.69) is 20.8 Å². The number of hydrogen-bond acceptors (Lipinski definition) is 4. The molecule has 0 aromatic rings. The Labute approximate surface area is 104 Å². The predicted molar refractivity (Wildman–Crippen MR) is 68.8 cm³/mol. The summed E-state index contributed by atoms with van der Waals surface area (Å²) in [5.41, 5.74) is 5.61. The maximum atomic E-state index is 11.4. The van der Waals surface area contributed by atoms with Gasteiger partial charge in [-0.3, -0.25) is 9.52 Å².